The van der Waals surface area contributed by atoms with Gasteiger partial charge in [-0.15, -0.1) is 6.42 Å². The van der Waals surface area contributed by atoms with Gasteiger partial charge in [0, 0.05) is 12.0 Å². The van der Waals surface area contributed by atoms with Gasteiger partial charge in [-0.3, -0.25) is 0 Å². The van der Waals surface area contributed by atoms with Crippen LogP contribution < -0.4 is 0 Å². The highest BCUT2D eigenvalue weighted by Gasteiger charge is 1.97. The molecule has 0 saturated heterocycles. The second-order valence-electron chi connectivity index (χ2n) is 3.58. The Morgan fingerprint density at radius 1 is 1.12 bits per heavy atom. The van der Waals surface area contributed by atoms with E-state index in [0.29, 0.717) is 0 Å². The van der Waals surface area contributed by atoms with Gasteiger partial charge in [-0.05, 0) is 34.6 Å². The predicted octanol–water partition coefficient (Wildman–Crippen LogP) is 2.09. The second kappa shape index (κ2) is 10.7. The first kappa shape index (κ1) is 17.6. The zero-order valence-corrected chi connectivity index (χ0v) is 11.0. The van der Waals surface area contributed by atoms with Gasteiger partial charge in [0.05, 0.1) is 12.2 Å². The van der Waals surface area contributed by atoms with Gasteiger partial charge in [0.1, 0.15) is 0 Å². The minimum Gasteiger partial charge on any atom is -0.460 e. The van der Waals surface area contributed by atoms with E-state index in [2.05, 4.69) is 4.74 Å². The molecule has 0 N–H and O–H groups in total. The molecule has 17 heavy (non-hydrogen) atoms. The van der Waals surface area contributed by atoms with Crippen molar-refractivity contribution in [1.29, 1.82) is 0 Å². The normalized spacial score (nSPS) is 9.53. The molecule has 0 aromatic rings. The maximum atomic E-state index is 10.5. The van der Waals surface area contributed by atoms with Crippen LogP contribution in [-0.2, 0) is 19.1 Å². The molecule has 4 heteroatoms. The van der Waals surface area contributed by atoms with Crippen molar-refractivity contribution >= 4 is 11.9 Å². The number of hydrogen-bond acceptors (Lipinski definition) is 4. The molecule has 0 fully saturated rings. The number of allylic oxidation sites excluding steroid dienone is 1. The first-order valence-corrected chi connectivity index (χ1v) is 5.34. The molecule has 0 spiro atoms. The monoisotopic (exact) mass is 240 g/mol. The lowest BCUT2D eigenvalue weighted by Crippen LogP contribution is -2.08. The number of rotatable bonds is 3. The van der Waals surface area contributed by atoms with E-state index in [9.17, 15) is 9.59 Å². The summed E-state index contributed by atoms with van der Waals surface area (Å²) >= 11 is 0. The van der Waals surface area contributed by atoms with E-state index in [-0.39, 0.29) is 18.2 Å². The maximum Gasteiger partial charge on any atom is 0.384 e. The average molecular weight is 240 g/mol. The van der Waals surface area contributed by atoms with Crippen molar-refractivity contribution in [2.45, 2.75) is 46.8 Å². The lowest BCUT2D eigenvalue weighted by atomic mass is 10.4. The van der Waals surface area contributed by atoms with Gasteiger partial charge in [-0.1, -0.05) is 6.08 Å². The van der Waals surface area contributed by atoms with Crippen molar-refractivity contribution in [3.63, 3.8) is 0 Å². The fourth-order valence-electron chi connectivity index (χ4n) is 0.656. The first-order chi connectivity index (χ1) is 7.83. The van der Waals surface area contributed by atoms with Crippen LogP contribution in [0.15, 0.2) is 12.2 Å². The van der Waals surface area contributed by atoms with E-state index in [4.69, 9.17) is 11.2 Å². The quantitative estimate of drug-likeness (QED) is 0.328. The highest BCUT2D eigenvalue weighted by molar-refractivity contribution is 5.87. The van der Waals surface area contributed by atoms with Gasteiger partial charge in [-0.2, -0.15) is 0 Å². The minimum atomic E-state index is -0.597. The van der Waals surface area contributed by atoms with Gasteiger partial charge >= 0.3 is 11.9 Å². The molecule has 0 unspecified atom stereocenters. The van der Waals surface area contributed by atoms with Crippen molar-refractivity contribution in [3.05, 3.63) is 12.2 Å². The molecule has 4 nitrogen and oxygen atoms in total. The van der Waals surface area contributed by atoms with Gasteiger partial charge in [0.25, 0.3) is 0 Å². The Bertz CT molecular complexity index is 295. The molecule has 0 aromatic heterocycles. The molecule has 0 amide bonds. The number of esters is 2. The summed E-state index contributed by atoms with van der Waals surface area (Å²) in [5.74, 6) is 0.967. The van der Waals surface area contributed by atoms with Crippen LogP contribution in [-0.4, -0.2) is 24.1 Å². The Kier molecular flexibility index (Phi) is 11.1. The van der Waals surface area contributed by atoms with Crippen LogP contribution >= 0.6 is 0 Å². The molecule has 0 aliphatic rings. The Balaban J connectivity index is 0. The lowest BCUT2D eigenvalue weighted by molar-refractivity contribution is -0.141. The van der Waals surface area contributed by atoms with Crippen molar-refractivity contribution in [1.82, 2.24) is 0 Å². The summed E-state index contributed by atoms with van der Waals surface area (Å²) < 4.78 is 9.29. The largest absolute Gasteiger partial charge is 0.460 e. The van der Waals surface area contributed by atoms with Crippen molar-refractivity contribution < 1.29 is 19.1 Å². The summed E-state index contributed by atoms with van der Waals surface area (Å²) in [4.78, 5) is 20.7. The molecule has 0 aliphatic heterocycles. The SMILES string of the molecule is C#CC(=O)OC(C)C.C/C=C\C(=O)OC(C)C. The summed E-state index contributed by atoms with van der Waals surface area (Å²) in [7, 11) is 0. The lowest BCUT2D eigenvalue weighted by Gasteiger charge is -2.02. The third kappa shape index (κ3) is 16.9. The van der Waals surface area contributed by atoms with Crippen LogP contribution in [0.25, 0.3) is 0 Å². The van der Waals surface area contributed by atoms with E-state index >= 15 is 0 Å². The fourth-order valence-corrected chi connectivity index (χ4v) is 0.656. The highest BCUT2D eigenvalue weighted by Crippen LogP contribution is 1.89. The molecular formula is C13H20O4. The smallest absolute Gasteiger partial charge is 0.384 e. The van der Waals surface area contributed by atoms with Crippen LogP contribution in [0.1, 0.15) is 34.6 Å². The Hall–Kier alpha value is -1.76. The Morgan fingerprint density at radius 3 is 1.82 bits per heavy atom. The molecule has 0 aliphatic carbocycles. The van der Waals surface area contributed by atoms with Gasteiger partial charge in [-0.25, -0.2) is 9.59 Å². The summed E-state index contributed by atoms with van der Waals surface area (Å²) in [5.41, 5.74) is 0. The van der Waals surface area contributed by atoms with Crippen molar-refractivity contribution in [2.24, 2.45) is 0 Å². The summed E-state index contributed by atoms with van der Waals surface area (Å²) in [6, 6.07) is 0. The molecule has 0 heterocycles. The Morgan fingerprint density at radius 2 is 1.59 bits per heavy atom. The van der Waals surface area contributed by atoms with Gasteiger partial charge in [0.15, 0.2) is 0 Å². The number of ether oxygens (including phenoxy) is 2. The third-order valence-corrected chi connectivity index (χ3v) is 1.12. The fraction of sp³-hybridized carbons (Fsp3) is 0.538. The van der Waals surface area contributed by atoms with Crippen molar-refractivity contribution in [3.8, 4) is 12.3 Å². The topological polar surface area (TPSA) is 52.6 Å². The van der Waals surface area contributed by atoms with E-state index in [0.717, 1.165) is 0 Å². The predicted molar refractivity (Wildman–Crippen MR) is 66.1 cm³/mol. The maximum absolute atomic E-state index is 10.5. The van der Waals surface area contributed by atoms with Crippen LogP contribution in [0, 0.1) is 12.3 Å². The summed E-state index contributed by atoms with van der Waals surface area (Å²) in [5, 5.41) is 0. The molecule has 0 bridgehead atoms. The molecule has 0 saturated carbocycles. The Labute approximate surface area is 103 Å². The van der Waals surface area contributed by atoms with Gasteiger partial charge in [0.2, 0.25) is 0 Å². The van der Waals surface area contributed by atoms with Crippen LogP contribution in [0.2, 0.25) is 0 Å². The van der Waals surface area contributed by atoms with E-state index < -0.39 is 5.97 Å². The molecule has 0 radical (unpaired) electrons. The molecule has 96 valence electrons. The van der Waals surface area contributed by atoms with Crippen molar-refractivity contribution in [2.75, 3.05) is 0 Å². The summed E-state index contributed by atoms with van der Waals surface area (Å²) in [6.45, 7) is 8.91. The molecule has 0 aromatic carbocycles. The van der Waals surface area contributed by atoms with E-state index in [1.807, 2.05) is 19.8 Å². The summed E-state index contributed by atoms with van der Waals surface area (Å²) in [6.07, 6.45) is 7.62. The first-order valence-electron chi connectivity index (χ1n) is 5.34. The van der Waals surface area contributed by atoms with E-state index in [1.165, 1.54) is 6.08 Å². The molecule has 0 rings (SSSR count). The standard InChI is InChI=1S/C7H12O2.C6H8O2/c1-4-5-7(8)9-6(2)3;1-4-6(7)8-5(2)3/h4-6H,1-3H3;1,5H,2-3H3/b5-4-;. The molecule has 0 atom stereocenters. The molecular weight excluding hydrogens is 220 g/mol. The van der Waals surface area contributed by atoms with Crippen LogP contribution in [0.3, 0.4) is 0 Å². The van der Waals surface area contributed by atoms with Crippen LogP contribution in [0.5, 0.6) is 0 Å². The van der Waals surface area contributed by atoms with Gasteiger partial charge < -0.3 is 9.47 Å². The number of carbonyl (C=O) groups is 2. The number of carbonyl (C=O) groups excluding carboxylic acids is 2. The minimum absolute atomic E-state index is 0.0197. The number of hydrogen-bond donors (Lipinski definition) is 0. The average Bonchev–Trinajstić information content (AvgIpc) is 2.16. The second-order valence-corrected chi connectivity index (χ2v) is 3.58. The zero-order chi connectivity index (χ0) is 13.8. The zero-order valence-electron chi connectivity index (χ0n) is 11.0. The number of terminal acetylenes is 1. The van der Waals surface area contributed by atoms with E-state index in [1.54, 1.807) is 26.8 Å². The highest BCUT2D eigenvalue weighted by atomic mass is 16.5. The third-order valence-electron chi connectivity index (χ3n) is 1.12. The van der Waals surface area contributed by atoms with Crippen LogP contribution in [0.4, 0.5) is 0 Å².